The fraction of sp³-hybridized carbons (Fsp3) is 0.917. The molecule has 3 nitrogen and oxygen atoms in total. The quantitative estimate of drug-likeness (QED) is 0.683. The minimum absolute atomic E-state index is 0.239. The van der Waals surface area contributed by atoms with Crippen molar-refractivity contribution in [2.24, 2.45) is 5.41 Å². The summed E-state index contributed by atoms with van der Waals surface area (Å²) in [5.41, 5.74) is 0.239. The van der Waals surface area contributed by atoms with Crippen molar-refractivity contribution in [2.75, 3.05) is 13.2 Å². The first-order valence-electron chi connectivity index (χ1n) is 5.84. The Labute approximate surface area is 92.8 Å². The molecule has 1 saturated carbocycles. The Morgan fingerprint density at radius 3 is 2.80 bits per heavy atom. The van der Waals surface area contributed by atoms with E-state index in [-0.39, 0.29) is 5.41 Å². The SMILES string of the molecule is CCOC1CC(NCCCC#N)C1(C)C. The van der Waals surface area contributed by atoms with Crippen LogP contribution < -0.4 is 5.32 Å². The van der Waals surface area contributed by atoms with Crippen LogP contribution in [-0.2, 0) is 4.74 Å². The summed E-state index contributed by atoms with van der Waals surface area (Å²) in [6.45, 7) is 8.29. The number of hydrogen-bond acceptors (Lipinski definition) is 3. The number of nitrogens with zero attached hydrogens (tertiary/aromatic N) is 1. The molecule has 0 saturated heterocycles. The highest BCUT2D eigenvalue weighted by Gasteiger charge is 2.48. The predicted molar refractivity (Wildman–Crippen MR) is 60.4 cm³/mol. The minimum Gasteiger partial charge on any atom is -0.378 e. The molecule has 2 atom stereocenters. The maximum atomic E-state index is 8.42. The normalized spacial score (nSPS) is 28.1. The van der Waals surface area contributed by atoms with Crippen LogP contribution in [0, 0.1) is 16.7 Å². The summed E-state index contributed by atoms with van der Waals surface area (Å²) in [5.74, 6) is 0. The highest BCUT2D eigenvalue weighted by atomic mass is 16.5. The van der Waals surface area contributed by atoms with Crippen LogP contribution in [0.25, 0.3) is 0 Å². The summed E-state index contributed by atoms with van der Waals surface area (Å²) < 4.78 is 5.66. The van der Waals surface area contributed by atoms with Crippen LogP contribution >= 0.6 is 0 Å². The standard InChI is InChI=1S/C12H22N2O/c1-4-15-11-9-10(12(11,2)3)14-8-6-5-7-13/h10-11,14H,4-6,8-9H2,1-3H3. The van der Waals surface area contributed by atoms with Crippen molar-refractivity contribution in [1.29, 1.82) is 5.26 Å². The second-order valence-corrected chi connectivity index (χ2v) is 4.77. The lowest BCUT2D eigenvalue weighted by Crippen LogP contribution is -2.61. The Kier molecular flexibility index (Phi) is 4.56. The fourth-order valence-corrected chi connectivity index (χ4v) is 2.16. The number of ether oxygens (including phenoxy) is 1. The number of rotatable bonds is 6. The summed E-state index contributed by atoms with van der Waals surface area (Å²) in [6, 6.07) is 2.71. The third-order valence-electron chi connectivity index (χ3n) is 3.40. The molecule has 15 heavy (non-hydrogen) atoms. The maximum Gasteiger partial charge on any atom is 0.0655 e. The summed E-state index contributed by atoms with van der Waals surface area (Å²) in [4.78, 5) is 0. The van der Waals surface area contributed by atoms with E-state index in [1.165, 1.54) is 0 Å². The van der Waals surface area contributed by atoms with E-state index in [0.717, 1.165) is 26.0 Å². The van der Waals surface area contributed by atoms with Crippen LogP contribution in [0.1, 0.15) is 40.0 Å². The zero-order valence-corrected chi connectivity index (χ0v) is 10.0. The van der Waals surface area contributed by atoms with Crippen molar-refractivity contribution in [2.45, 2.75) is 52.2 Å². The third-order valence-corrected chi connectivity index (χ3v) is 3.40. The van der Waals surface area contributed by atoms with Gasteiger partial charge in [0.2, 0.25) is 0 Å². The number of unbranched alkanes of at least 4 members (excludes halogenated alkanes) is 1. The smallest absolute Gasteiger partial charge is 0.0655 e. The van der Waals surface area contributed by atoms with Crippen molar-refractivity contribution in [3.8, 4) is 6.07 Å². The Balaban J connectivity index is 2.20. The van der Waals surface area contributed by atoms with Gasteiger partial charge in [-0.05, 0) is 26.3 Å². The number of hydrogen-bond donors (Lipinski definition) is 1. The first kappa shape index (κ1) is 12.5. The Bertz CT molecular complexity index is 232. The molecule has 0 aromatic carbocycles. The second-order valence-electron chi connectivity index (χ2n) is 4.77. The molecule has 0 aliphatic heterocycles. The highest BCUT2D eigenvalue weighted by Crippen LogP contribution is 2.42. The van der Waals surface area contributed by atoms with Gasteiger partial charge < -0.3 is 10.1 Å². The van der Waals surface area contributed by atoms with Crippen LogP contribution in [-0.4, -0.2) is 25.3 Å². The molecule has 1 N–H and O–H groups in total. The van der Waals surface area contributed by atoms with Gasteiger partial charge in [0.05, 0.1) is 12.2 Å². The lowest BCUT2D eigenvalue weighted by molar-refractivity contribution is -0.113. The van der Waals surface area contributed by atoms with Crippen molar-refractivity contribution < 1.29 is 4.74 Å². The first-order chi connectivity index (χ1) is 7.12. The molecule has 3 heteroatoms. The van der Waals surface area contributed by atoms with Gasteiger partial charge >= 0.3 is 0 Å². The molecule has 0 aromatic heterocycles. The van der Waals surface area contributed by atoms with E-state index in [1.807, 2.05) is 6.92 Å². The fourth-order valence-electron chi connectivity index (χ4n) is 2.16. The van der Waals surface area contributed by atoms with E-state index in [2.05, 4.69) is 25.2 Å². The molecule has 1 fully saturated rings. The molecular weight excluding hydrogens is 188 g/mol. The van der Waals surface area contributed by atoms with E-state index in [0.29, 0.717) is 18.6 Å². The van der Waals surface area contributed by atoms with Gasteiger partial charge in [-0.25, -0.2) is 0 Å². The van der Waals surface area contributed by atoms with Gasteiger partial charge in [0.1, 0.15) is 0 Å². The average Bonchev–Trinajstić information content (AvgIpc) is 2.21. The number of nitriles is 1. The van der Waals surface area contributed by atoms with E-state index in [9.17, 15) is 0 Å². The molecule has 86 valence electrons. The largest absolute Gasteiger partial charge is 0.378 e. The van der Waals surface area contributed by atoms with Crippen molar-refractivity contribution in [3.63, 3.8) is 0 Å². The van der Waals surface area contributed by atoms with Gasteiger partial charge in [-0.1, -0.05) is 13.8 Å². The predicted octanol–water partition coefficient (Wildman–Crippen LogP) is 2.08. The van der Waals surface area contributed by atoms with Gasteiger partial charge in [-0.3, -0.25) is 0 Å². The van der Waals surface area contributed by atoms with Crippen LogP contribution in [0.5, 0.6) is 0 Å². The van der Waals surface area contributed by atoms with Crippen molar-refractivity contribution in [1.82, 2.24) is 5.32 Å². The zero-order chi connectivity index (χ0) is 11.3. The van der Waals surface area contributed by atoms with E-state index >= 15 is 0 Å². The molecule has 0 spiro atoms. The van der Waals surface area contributed by atoms with E-state index < -0.39 is 0 Å². The lowest BCUT2D eigenvalue weighted by atomic mass is 9.64. The third kappa shape index (κ3) is 2.93. The molecule has 0 heterocycles. The summed E-state index contributed by atoms with van der Waals surface area (Å²) in [7, 11) is 0. The molecule has 0 amide bonds. The van der Waals surface area contributed by atoms with Crippen molar-refractivity contribution in [3.05, 3.63) is 0 Å². The molecule has 1 aliphatic rings. The van der Waals surface area contributed by atoms with Gasteiger partial charge in [0, 0.05) is 24.5 Å². The van der Waals surface area contributed by atoms with Crippen LogP contribution in [0.3, 0.4) is 0 Å². The Morgan fingerprint density at radius 1 is 1.53 bits per heavy atom. The zero-order valence-electron chi connectivity index (χ0n) is 10.0. The molecule has 2 unspecified atom stereocenters. The Morgan fingerprint density at radius 2 is 2.27 bits per heavy atom. The lowest BCUT2D eigenvalue weighted by Gasteiger charge is -2.52. The first-order valence-corrected chi connectivity index (χ1v) is 5.84. The van der Waals surface area contributed by atoms with E-state index in [1.54, 1.807) is 0 Å². The summed E-state index contributed by atoms with van der Waals surface area (Å²) in [5, 5.41) is 11.9. The van der Waals surface area contributed by atoms with Gasteiger partial charge in [0.25, 0.3) is 0 Å². The molecular formula is C12H22N2O. The molecule has 0 aromatic rings. The van der Waals surface area contributed by atoms with Crippen LogP contribution in [0.4, 0.5) is 0 Å². The summed E-state index contributed by atoms with van der Waals surface area (Å²) in [6.07, 6.45) is 3.10. The Hall–Kier alpha value is -0.590. The van der Waals surface area contributed by atoms with Crippen LogP contribution in [0.15, 0.2) is 0 Å². The molecule has 1 aliphatic carbocycles. The second kappa shape index (κ2) is 5.48. The van der Waals surface area contributed by atoms with Gasteiger partial charge in [-0.2, -0.15) is 5.26 Å². The van der Waals surface area contributed by atoms with Gasteiger partial charge in [-0.15, -0.1) is 0 Å². The maximum absolute atomic E-state index is 8.42. The summed E-state index contributed by atoms with van der Waals surface area (Å²) >= 11 is 0. The monoisotopic (exact) mass is 210 g/mol. The van der Waals surface area contributed by atoms with E-state index in [4.69, 9.17) is 10.00 Å². The minimum atomic E-state index is 0.239. The van der Waals surface area contributed by atoms with Gasteiger partial charge in [0.15, 0.2) is 0 Å². The average molecular weight is 210 g/mol. The highest BCUT2D eigenvalue weighted by molar-refractivity contribution is 5.02. The molecule has 0 radical (unpaired) electrons. The molecule has 0 bridgehead atoms. The topological polar surface area (TPSA) is 45.0 Å². The van der Waals surface area contributed by atoms with Crippen LogP contribution in [0.2, 0.25) is 0 Å². The molecule has 1 rings (SSSR count). The van der Waals surface area contributed by atoms with Crippen molar-refractivity contribution >= 4 is 0 Å². The number of nitrogens with one attached hydrogen (secondary N) is 1.